The molecule has 0 aliphatic rings. The highest BCUT2D eigenvalue weighted by atomic mass is 32.1. The van der Waals surface area contributed by atoms with E-state index >= 15 is 0 Å². The molecule has 0 fully saturated rings. The van der Waals surface area contributed by atoms with Gasteiger partial charge in [0.25, 0.3) is 0 Å². The van der Waals surface area contributed by atoms with Crippen LogP contribution in [0.3, 0.4) is 0 Å². The van der Waals surface area contributed by atoms with Gasteiger partial charge in [-0.15, -0.1) is 0 Å². The van der Waals surface area contributed by atoms with E-state index in [1.54, 1.807) is 16.9 Å². The third-order valence-electron chi connectivity index (χ3n) is 1.79. The molecule has 0 N–H and O–H groups in total. The molecule has 0 aromatic carbocycles. The second-order valence-corrected chi connectivity index (χ2v) is 3.01. The topological polar surface area (TPSA) is 43.1 Å². The Morgan fingerprint density at radius 2 is 2.36 bits per heavy atom. The summed E-state index contributed by atoms with van der Waals surface area (Å²) >= 11 is 4.53. The van der Waals surface area contributed by atoms with Crippen molar-refractivity contribution in [1.29, 1.82) is 0 Å². The minimum absolute atomic E-state index is 0.573. The van der Waals surface area contributed by atoms with Crippen molar-refractivity contribution in [3.8, 4) is 0 Å². The molecule has 0 amide bonds. The molecule has 2 aromatic rings. The van der Waals surface area contributed by atoms with Gasteiger partial charge in [-0.3, -0.25) is 9.67 Å². The third kappa shape index (κ3) is 2.00. The molecule has 0 atom stereocenters. The Balaban J connectivity index is 2.15. The Labute approximate surface area is 86.8 Å². The zero-order valence-corrected chi connectivity index (χ0v) is 8.18. The van der Waals surface area contributed by atoms with Crippen LogP contribution in [-0.2, 0) is 19.0 Å². The molecule has 0 saturated heterocycles. The summed E-state index contributed by atoms with van der Waals surface area (Å²) in [4.78, 5) is 4.02. The SMILES string of the molecule is S=Nc1ccn(Cc2cccnc2)n1. The highest BCUT2D eigenvalue weighted by Gasteiger charge is 1.97. The summed E-state index contributed by atoms with van der Waals surface area (Å²) in [6, 6.07) is 5.68. The van der Waals surface area contributed by atoms with Gasteiger partial charge in [0.05, 0.1) is 6.54 Å². The Hall–Kier alpha value is -1.62. The molecule has 0 spiro atoms. The van der Waals surface area contributed by atoms with Gasteiger partial charge in [-0.2, -0.15) is 9.46 Å². The largest absolute Gasteiger partial charge is 0.266 e. The van der Waals surface area contributed by atoms with Crippen LogP contribution in [0.15, 0.2) is 41.2 Å². The van der Waals surface area contributed by atoms with Crippen LogP contribution >= 0.6 is 0 Å². The van der Waals surface area contributed by atoms with Gasteiger partial charge in [-0.05, 0) is 11.6 Å². The van der Waals surface area contributed by atoms with Crippen LogP contribution in [-0.4, -0.2) is 14.8 Å². The maximum absolute atomic E-state index is 4.53. The fourth-order valence-electron chi connectivity index (χ4n) is 1.17. The summed E-state index contributed by atoms with van der Waals surface area (Å²) in [5.74, 6) is 0.573. The van der Waals surface area contributed by atoms with Crippen molar-refractivity contribution in [2.24, 2.45) is 4.36 Å². The van der Waals surface area contributed by atoms with Gasteiger partial charge in [0, 0.05) is 37.1 Å². The molecule has 4 nitrogen and oxygen atoms in total. The maximum Gasteiger partial charge on any atom is 0.187 e. The molecule has 2 rings (SSSR count). The fraction of sp³-hybridized carbons (Fsp3) is 0.111. The summed E-state index contributed by atoms with van der Waals surface area (Å²) in [5, 5.41) is 4.14. The summed E-state index contributed by atoms with van der Waals surface area (Å²) < 4.78 is 5.35. The number of aromatic nitrogens is 3. The predicted octanol–water partition coefficient (Wildman–Crippen LogP) is 1.69. The number of hydrogen-bond acceptors (Lipinski definition) is 4. The predicted molar refractivity (Wildman–Crippen MR) is 55.0 cm³/mol. The number of rotatable bonds is 3. The normalized spacial score (nSPS) is 10.0. The van der Waals surface area contributed by atoms with Gasteiger partial charge in [0.15, 0.2) is 5.82 Å². The highest BCUT2D eigenvalue weighted by molar-refractivity contribution is 7.47. The molecule has 5 heteroatoms. The quantitative estimate of drug-likeness (QED) is 0.764. The maximum atomic E-state index is 4.53. The number of hydrogen-bond donors (Lipinski definition) is 0. The minimum Gasteiger partial charge on any atom is -0.266 e. The molecule has 0 saturated carbocycles. The van der Waals surface area contributed by atoms with Crippen molar-refractivity contribution in [1.82, 2.24) is 14.8 Å². The second-order valence-electron chi connectivity index (χ2n) is 2.82. The summed E-state index contributed by atoms with van der Waals surface area (Å²) in [7, 11) is 0. The van der Waals surface area contributed by atoms with Crippen LogP contribution in [0.25, 0.3) is 0 Å². The smallest absolute Gasteiger partial charge is 0.187 e. The van der Waals surface area contributed by atoms with E-state index < -0.39 is 0 Å². The van der Waals surface area contributed by atoms with Crippen LogP contribution in [0.5, 0.6) is 0 Å². The van der Waals surface area contributed by atoms with E-state index in [9.17, 15) is 0 Å². The Kier molecular flexibility index (Phi) is 2.60. The van der Waals surface area contributed by atoms with Crippen LogP contribution in [0.4, 0.5) is 5.82 Å². The first kappa shape index (κ1) is 8.96. The van der Waals surface area contributed by atoms with Crippen molar-refractivity contribution >= 4 is 18.2 Å². The first-order chi connectivity index (χ1) is 6.88. The van der Waals surface area contributed by atoms with Crippen LogP contribution in [0.1, 0.15) is 5.56 Å². The van der Waals surface area contributed by atoms with E-state index in [1.165, 1.54) is 0 Å². The lowest BCUT2D eigenvalue weighted by molar-refractivity contribution is 0.686. The molecule has 0 unspecified atom stereocenters. The summed E-state index contributed by atoms with van der Waals surface area (Å²) in [6.07, 6.45) is 5.40. The number of nitrogens with zero attached hydrogens (tertiary/aromatic N) is 4. The molecular weight excluding hydrogens is 196 g/mol. The molecule has 0 aliphatic carbocycles. The third-order valence-corrected chi connectivity index (χ3v) is 1.97. The van der Waals surface area contributed by atoms with E-state index in [4.69, 9.17) is 0 Å². The molecule has 2 aromatic heterocycles. The van der Waals surface area contributed by atoms with Crippen molar-refractivity contribution in [3.05, 3.63) is 42.4 Å². The van der Waals surface area contributed by atoms with Crippen molar-refractivity contribution in [2.75, 3.05) is 0 Å². The van der Waals surface area contributed by atoms with Gasteiger partial charge in [0.1, 0.15) is 0 Å². The van der Waals surface area contributed by atoms with E-state index in [1.807, 2.05) is 24.5 Å². The lowest BCUT2D eigenvalue weighted by Crippen LogP contribution is -1.99. The van der Waals surface area contributed by atoms with Crippen molar-refractivity contribution in [2.45, 2.75) is 6.54 Å². The molecule has 70 valence electrons. The number of pyridine rings is 1. The average Bonchev–Trinajstić information content (AvgIpc) is 2.67. The molecule has 0 bridgehead atoms. The molecule has 0 radical (unpaired) electrons. The van der Waals surface area contributed by atoms with Gasteiger partial charge in [-0.1, -0.05) is 6.07 Å². The van der Waals surface area contributed by atoms with E-state index in [0.29, 0.717) is 12.4 Å². The first-order valence-corrected chi connectivity index (χ1v) is 4.51. The molecule has 0 aliphatic heterocycles. The summed E-state index contributed by atoms with van der Waals surface area (Å²) in [5.41, 5.74) is 1.10. The second kappa shape index (κ2) is 4.06. The highest BCUT2D eigenvalue weighted by Crippen LogP contribution is 2.07. The van der Waals surface area contributed by atoms with Crippen LogP contribution in [0.2, 0.25) is 0 Å². The lowest BCUT2D eigenvalue weighted by Gasteiger charge is -1.99. The monoisotopic (exact) mass is 204 g/mol. The van der Waals surface area contributed by atoms with E-state index in [-0.39, 0.29) is 0 Å². The Bertz CT molecular complexity index is 423. The van der Waals surface area contributed by atoms with Gasteiger partial charge < -0.3 is 0 Å². The molecule has 14 heavy (non-hydrogen) atoms. The molecular formula is C9H8N4S. The summed E-state index contributed by atoms with van der Waals surface area (Å²) in [6.45, 7) is 0.693. The van der Waals surface area contributed by atoms with Gasteiger partial charge in [0.2, 0.25) is 0 Å². The Morgan fingerprint density at radius 1 is 1.43 bits per heavy atom. The van der Waals surface area contributed by atoms with Crippen molar-refractivity contribution < 1.29 is 0 Å². The van der Waals surface area contributed by atoms with Crippen LogP contribution < -0.4 is 0 Å². The first-order valence-electron chi connectivity index (χ1n) is 4.14. The van der Waals surface area contributed by atoms with E-state index in [0.717, 1.165) is 5.56 Å². The Morgan fingerprint density at radius 3 is 3.00 bits per heavy atom. The fourth-order valence-corrected chi connectivity index (χ4v) is 1.26. The zero-order chi connectivity index (χ0) is 9.80. The van der Waals surface area contributed by atoms with Crippen molar-refractivity contribution in [3.63, 3.8) is 0 Å². The van der Waals surface area contributed by atoms with Gasteiger partial charge >= 0.3 is 0 Å². The van der Waals surface area contributed by atoms with Crippen LogP contribution in [0, 0.1) is 0 Å². The van der Waals surface area contributed by atoms with Gasteiger partial charge in [-0.25, -0.2) is 0 Å². The van der Waals surface area contributed by atoms with E-state index in [2.05, 4.69) is 26.9 Å². The molecule has 2 heterocycles. The average molecular weight is 204 g/mol. The minimum atomic E-state index is 0.573. The lowest BCUT2D eigenvalue weighted by atomic mass is 10.3. The standard InChI is InChI=1S/C9H8N4S/c14-12-9-3-5-13(11-9)7-8-2-1-4-10-6-8/h1-6H,7H2. The zero-order valence-electron chi connectivity index (χ0n) is 7.37.